The molecule has 0 fully saturated rings. The molecule has 0 saturated carbocycles. The SMILES string of the molecule is O=C(N/N=C/c1ccc([N+](=O)[O-])o1)c1ccc2ccccc2c1. The van der Waals surface area contributed by atoms with E-state index in [-0.39, 0.29) is 17.6 Å². The predicted octanol–water partition coefficient (Wildman–Crippen LogP) is 3.10. The monoisotopic (exact) mass is 309 g/mol. The van der Waals surface area contributed by atoms with Crippen LogP contribution in [0.5, 0.6) is 0 Å². The summed E-state index contributed by atoms with van der Waals surface area (Å²) in [7, 11) is 0. The number of hydrogen-bond donors (Lipinski definition) is 1. The molecular weight excluding hydrogens is 298 g/mol. The van der Waals surface area contributed by atoms with E-state index >= 15 is 0 Å². The summed E-state index contributed by atoms with van der Waals surface area (Å²) in [5, 5.41) is 16.2. The first kappa shape index (κ1) is 14.5. The number of benzene rings is 2. The maximum absolute atomic E-state index is 12.0. The molecule has 7 heteroatoms. The van der Waals surface area contributed by atoms with Gasteiger partial charge in [0, 0.05) is 5.56 Å². The second kappa shape index (κ2) is 6.10. The number of hydrogen-bond acceptors (Lipinski definition) is 5. The topological polar surface area (TPSA) is 97.7 Å². The molecule has 1 heterocycles. The van der Waals surface area contributed by atoms with Gasteiger partial charge in [-0.15, -0.1) is 0 Å². The third-order valence-corrected chi connectivity index (χ3v) is 3.16. The van der Waals surface area contributed by atoms with Crippen LogP contribution >= 0.6 is 0 Å². The molecule has 114 valence electrons. The molecule has 0 aliphatic heterocycles. The Hall–Kier alpha value is -3.48. The Morgan fingerprint density at radius 3 is 2.65 bits per heavy atom. The van der Waals surface area contributed by atoms with E-state index in [1.54, 1.807) is 12.1 Å². The van der Waals surface area contributed by atoms with Crippen molar-refractivity contribution >= 4 is 28.8 Å². The average molecular weight is 309 g/mol. The molecule has 3 aromatic rings. The third kappa shape index (κ3) is 3.24. The molecule has 7 nitrogen and oxygen atoms in total. The molecule has 0 unspecified atom stereocenters. The van der Waals surface area contributed by atoms with Gasteiger partial charge in [0.1, 0.15) is 4.92 Å². The minimum Gasteiger partial charge on any atom is -0.400 e. The molecule has 1 N–H and O–H groups in total. The fourth-order valence-corrected chi connectivity index (χ4v) is 2.06. The van der Waals surface area contributed by atoms with Gasteiger partial charge in [0.15, 0.2) is 5.76 Å². The molecule has 23 heavy (non-hydrogen) atoms. The Kier molecular flexibility index (Phi) is 3.84. The van der Waals surface area contributed by atoms with Crippen molar-refractivity contribution < 1.29 is 14.1 Å². The van der Waals surface area contributed by atoms with Crippen molar-refractivity contribution in [3.05, 3.63) is 76.0 Å². The average Bonchev–Trinajstić information content (AvgIpc) is 3.03. The van der Waals surface area contributed by atoms with Crippen LogP contribution in [0.15, 0.2) is 64.1 Å². The minimum atomic E-state index is -0.648. The lowest BCUT2D eigenvalue weighted by molar-refractivity contribution is -0.402. The Balaban J connectivity index is 1.70. The largest absolute Gasteiger partial charge is 0.433 e. The van der Waals surface area contributed by atoms with Gasteiger partial charge in [0.25, 0.3) is 5.91 Å². The van der Waals surface area contributed by atoms with Gasteiger partial charge in [-0.1, -0.05) is 30.3 Å². The quantitative estimate of drug-likeness (QED) is 0.455. The zero-order chi connectivity index (χ0) is 16.2. The molecule has 1 amide bonds. The van der Waals surface area contributed by atoms with Gasteiger partial charge in [0.05, 0.1) is 12.3 Å². The highest BCUT2D eigenvalue weighted by atomic mass is 16.6. The summed E-state index contributed by atoms with van der Waals surface area (Å²) in [4.78, 5) is 21.9. The van der Waals surface area contributed by atoms with E-state index in [0.29, 0.717) is 5.56 Å². The molecule has 0 spiro atoms. The molecule has 0 aliphatic rings. The van der Waals surface area contributed by atoms with Gasteiger partial charge >= 0.3 is 5.88 Å². The van der Waals surface area contributed by atoms with Crippen molar-refractivity contribution in [1.82, 2.24) is 5.43 Å². The first-order valence-corrected chi connectivity index (χ1v) is 6.70. The molecule has 2 aromatic carbocycles. The summed E-state index contributed by atoms with van der Waals surface area (Å²) in [6, 6.07) is 15.6. The number of hydrazone groups is 1. The lowest BCUT2D eigenvalue weighted by atomic mass is 10.1. The number of fused-ring (bicyclic) bond motifs is 1. The molecule has 0 atom stereocenters. The number of carbonyl (C=O) groups excluding carboxylic acids is 1. The smallest absolute Gasteiger partial charge is 0.400 e. The second-order valence-electron chi connectivity index (χ2n) is 4.69. The van der Waals surface area contributed by atoms with E-state index in [4.69, 9.17) is 4.42 Å². The van der Waals surface area contributed by atoms with Crippen LogP contribution < -0.4 is 5.43 Å². The van der Waals surface area contributed by atoms with Gasteiger partial charge < -0.3 is 4.42 Å². The zero-order valence-electron chi connectivity index (χ0n) is 11.8. The summed E-state index contributed by atoms with van der Waals surface area (Å²) >= 11 is 0. The third-order valence-electron chi connectivity index (χ3n) is 3.16. The number of nitro groups is 1. The molecule has 0 aliphatic carbocycles. The van der Waals surface area contributed by atoms with Crippen LogP contribution in [0.25, 0.3) is 10.8 Å². The molecule has 0 radical (unpaired) electrons. The van der Waals surface area contributed by atoms with Gasteiger partial charge in [-0.3, -0.25) is 14.9 Å². The number of rotatable bonds is 4. The maximum atomic E-state index is 12.0. The van der Waals surface area contributed by atoms with Crippen molar-refractivity contribution in [1.29, 1.82) is 0 Å². The van der Waals surface area contributed by atoms with Crippen molar-refractivity contribution in [2.45, 2.75) is 0 Å². The summed E-state index contributed by atoms with van der Waals surface area (Å²) in [5.74, 6) is -0.587. The standard InChI is InChI=1S/C16H11N3O4/c20-16(13-6-5-11-3-1-2-4-12(11)9-13)18-17-10-14-7-8-15(23-14)19(21)22/h1-10H,(H,18,20)/b17-10+. The van der Waals surface area contributed by atoms with Crippen LogP contribution in [0, 0.1) is 10.1 Å². The number of furan rings is 1. The fourth-order valence-electron chi connectivity index (χ4n) is 2.06. The highest BCUT2D eigenvalue weighted by Crippen LogP contribution is 2.16. The minimum absolute atomic E-state index is 0.176. The first-order valence-electron chi connectivity index (χ1n) is 6.70. The van der Waals surface area contributed by atoms with Crippen LogP contribution in [0.4, 0.5) is 5.88 Å². The molecule has 1 aromatic heterocycles. The van der Waals surface area contributed by atoms with E-state index in [1.165, 1.54) is 18.3 Å². The van der Waals surface area contributed by atoms with Gasteiger partial charge in [-0.25, -0.2) is 5.43 Å². The first-order chi connectivity index (χ1) is 11.1. The van der Waals surface area contributed by atoms with Crippen molar-refractivity contribution in [3.8, 4) is 0 Å². The van der Waals surface area contributed by atoms with Gasteiger partial charge in [-0.2, -0.15) is 5.10 Å². The van der Waals surface area contributed by atoms with E-state index in [9.17, 15) is 14.9 Å². The van der Waals surface area contributed by atoms with E-state index < -0.39 is 4.92 Å². The highest BCUT2D eigenvalue weighted by molar-refractivity contribution is 5.98. The Morgan fingerprint density at radius 2 is 1.91 bits per heavy atom. The number of amides is 1. The van der Waals surface area contributed by atoms with Crippen molar-refractivity contribution in [3.63, 3.8) is 0 Å². The highest BCUT2D eigenvalue weighted by Gasteiger charge is 2.10. The van der Waals surface area contributed by atoms with Gasteiger partial charge in [0.2, 0.25) is 0 Å². The second-order valence-corrected chi connectivity index (χ2v) is 4.69. The molecule has 0 saturated heterocycles. The normalized spacial score (nSPS) is 11.0. The van der Waals surface area contributed by atoms with Crippen LogP contribution in [0.2, 0.25) is 0 Å². The van der Waals surface area contributed by atoms with Crippen LogP contribution in [-0.2, 0) is 0 Å². The van der Waals surface area contributed by atoms with Crippen LogP contribution in [0.3, 0.4) is 0 Å². The lowest BCUT2D eigenvalue weighted by Gasteiger charge is -2.02. The molecule has 0 bridgehead atoms. The summed E-state index contributed by atoms with van der Waals surface area (Å²) < 4.78 is 4.89. The zero-order valence-corrected chi connectivity index (χ0v) is 11.8. The summed E-state index contributed by atoms with van der Waals surface area (Å²) in [6.07, 6.45) is 1.20. The van der Waals surface area contributed by atoms with E-state index in [2.05, 4.69) is 10.5 Å². The Bertz CT molecular complexity index is 914. The summed E-state index contributed by atoms with van der Waals surface area (Å²) in [6.45, 7) is 0. The van der Waals surface area contributed by atoms with Crippen molar-refractivity contribution in [2.75, 3.05) is 0 Å². The molecular formula is C16H11N3O4. The van der Waals surface area contributed by atoms with Crippen LogP contribution in [-0.4, -0.2) is 17.0 Å². The number of nitrogens with one attached hydrogen (secondary N) is 1. The Morgan fingerprint density at radius 1 is 1.13 bits per heavy atom. The number of nitrogens with zero attached hydrogens (tertiary/aromatic N) is 2. The predicted molar refractivity (Wildman–Crippen MR) is 84.4 cm³/mol. The van der Waals surface area contributed by atoms with E-state index in [0.717, 1.165) is 10.8 Å². The van der Waals surface area contributed by atoms with Gasteiger partial charge in [-0.05, 0) is 29.0 Å². The molecule has 3 rings (SSSR count). The number of carbonyl (C=O) groups is 1. The fraction of sp³-hybridized carbons (Fsp3) is 0. The Labute approximate surface area is 130 Å². The maximum Gasteiger partial charge on any atom is 0.433 e. The summed E-state index contributed by atoms with van der Waals surface area (Å²) in [5.41, 5.74) is 2.82. The lowest BCUT2D eigenvalue weighted by Crippen LogP contribution is -2.17. The van der Waals surface area contributed by atoms with Crippen molar-refractivity contribution in [2.24, 2.45) is 5.10 Å². The van der Waals surface area contributed by atoms with E-state index in [1.807, 2.05) is 30.3 Å². The van der Waals surface area contributed by atoms with Crippen LogP contribution in [0.1, 0.15) is 16.1 Å².